The molecule has 6 unspecified atom stereocenters. The molecular formula is C27H19Cl3FN3O6. The van der Waals surface area contributed by atoms with Crippen LogP contribution in [0.4, 0.5) is 14.9 Å². The first-order chi connectivity index (χ1) is 18.8. The van der Waals surface area contributed by atoms with Gasteiger partial charge in [0.05, 0.1) is 17.5 Å². The van der Waals surface area contributed by atoms with Crippen molar-refractivity contribution >= 4 is 70.2 Å². The van der Waals surface area contributed by atoms with Crippen LogP contribution in [0.25, 0.3) is 0 Å². The molecule has 0 radical (unpaired) electrons. The van der Waals surface area contributed by atoms with Crippen LogP contribution in [0.1, 0.15) is 24.3 Å². The Bertz CT molecular complexity index is 1580. The number of carbonyl (C=O) groups is 5. The Morgan fingerprint density at radius 3 is 2.30 bits per heavy atom. The Labute approximate surface area is 241 Å². The maximum absolute atomic E-state index is 14.2. The quantitative estimate of drug-likeness (QED) is 0.303. The van der Waals surface area contributed by atoms with Crippen molar-refractivity contribution < 1.29 is 33.5 Å². The summed E-state index contributed by atoms with van der Waals surface area (Å²) >= 11 is 20.9. The summed E-state index contributed by atoms with van der Waals surface area (Å²) in [5, 5.41) is 10.0. The third-order valence-corrected chi connectivity index (χ3v) is 10.2. The number of primary amides is 1. The van der Waals surface area contributed by atoms with E-state index < -0.39 is 68.9 Å². The van der Waals surface area contributed by atoms with E-state index in [2.05, 4.69) is 0 Å². The van der Waals surface area contributed by atoms with E-state index >= 15 is 0 Å². The third kappa shape index (κ3) is 3.30. The van der Waals surface area contributed by atoms with Crippen molar-refractivity contribution in [1.82, 2.24) is 4.90 Å². The topological polar surface area (TPSA) is 138 Å². The highest BCUT2D eigenvalue weighted by Crippen LogP contribution is 2.66. The number of allylic oxidation sites excluding steroid dienone is 2. The van der Waals surface area contributed by atoms with Gasteiger partial charge in [-0.25, -0.2) is 14.1 Å². The SMILES string of the molecule is NC(=O)N1C(=O)C2CC=C3C(CC4(Cl)C(=O)N(c5ccc(F)cc5)C(=O)C4(Cl)C3c3ccc(O)cc3Cl)C2C1=O. The first-order valence-corrected chi connectivity index (χ1v) is 13.3. The van der Waals surface area contributed by atoms with Gasteiger partial charge in [-0.05, 0) is 60.7 Å². The number of nitrogens with two attached hydrogens (primary N) is 1. The van der Waals surface area contributed by atoms with Gasteiger partial charge in [0.2, 0.25) is 11.8 Å². The molecule has 2 aliphatic heterocycles. The van der Waals surface area contributed by atoms with Gasteiger partial charge in [0, 0.05) is 10.9 Å². The number of phenols is 1. The zero-order valence-corrected chi connectivity index (χ0v) is 22.6. The van der Waals surface area contributed by atoms with Crippen LogP contribution < -0.4 is 10.6 Å². The molecule has 13 heteroatoms. The number of hydrogen-bond donors (Lipinski definition) is 2. The number of nitrogens with zero attached hydrogens (tertiary/aromatic N) is 2. The molecule has 0 bridgehead atoms. The second-order valence-electron chi connectivity index (χ2n) is 10.3. The Morgan fingerprint density at radius 1 is 1.00 bits per heavy atom. The molecule has 2 aromatic rings. The van der Waals surface area contributed by atoms with E-state index in [4.69, 9.17) is 40.5 Å². The molecule has 2 saturated heterocycles. The summed E-state index contributed by atoms with van der Waals surface area (Å²) in [6.45, 7) is 0. The summed E-state index contributed by atoms with van der Waals surface area (Å²) in [7, 11) is 0. The highest BCUT2D eigenvalue weighted by molar-refractivity contribution is 6.58. The van der Waals surface area contributed by atoms with Crippen molar-refractivity contribution in [2.45, 2.75) is 28.5 Å². The van der Waals surface area contributed by atoms with E-state index in [0.29, 0.717) is 10.5 Å². The first-order valence-electron chi connectivity index (χ1n) is 12.2. The van der Waals surface area contributed by atoms with Gasteiger partial charge in [0.1, 0.15) is 11.6 Å². The highest BCUT2D eigenvalue weighted by atomic mass is 35.5. The number of halogens is 4. The van der Waals surface area contributed by atoms with Crippen LogP contribution in [0.2, 0.25) is 5.02 Å². The first kappa shape index (κ1) is 26.7. The lowest BCUT2D eigenvalue weighted by Gasteiger charge is -2.50. The van der Waals surface area contributed by atoms with Crippen molar-refractivity contribution in [3.05, 3.63) is 70.5 Å². The molecule has 4 aliphatic rings. The monoisotopic (exact) mass is 605 g/mol. The number of amides is 6. The van der Waals surface area contributed by atoms with Gasteiger partial charge in [-0.3, -0.25) is 19.2 Å². The van der Waals surface area contributed by atoms with Gasteiger partial charge < -0.3 is 10.8 Å². The maximum Gasteiger partial charge on any atom is 0.328 e. The van der Waals surface area contributed by atoms with E-state index in [1.54, 1.807) is 6.08 Å². The van der Waals surface area contributed by atoms with E-state index in [0.717, 1.165) is 17.0 Å². The summed E-state index contributed by atoms with van der Waals surface area (Å²) in [6.07, 6.45) is 1.36. The van der Waals surface area contributed by atoms with Gasteiger partial charge in [-0.2, -0.15) is 4.90 Å². The smallest absolute Gasteiger partial charge is 0.328 e. The fraction of sp³-hybridized carbons (Fsp3) is 0.296. The molecule has 0 aromatic heterocycles. The summed E-state index contributed by atoms with van der Waals surface area (Å²) in [4.78, 5) is 63.4. The number of anilines is 1. The second kappa shape index (κ2) is 8.76. The highest BCUT2D eigenvalue weighted by Gasteiger charge is 2.76. The zero-order chi connectivity index (χ0) is 28.9. The average Bonchev–Trinajstić information content (AvgIpc) is 3.24. The third-order valence-electron chi connectivity index (χ3n) is 8.41. The van der Waals surface area contributed by atoms with Crippen LogP contribution in [-0.4, -0.2) is 49.4 Å². The fourth-order valence-electron chi connectivity index (χ4n) is 6.71. The molecule has 9 nitrogen and oxygen atoms in total. The van der Waals surface area contributed by atoms with E-state index in [9.17, 15) is 33.5 Å². The summed E-state index contributed by atoms with van der Waals surface area (Å²) < 4.78 is 13.7. The molecule has 6 amide bonds. The summed E-state index contributed by atoms with van der Waals surface area (Å²) in [6, 6.07) is 7.39. The molecule has 2 heterocycles. The number of carbonyl (C=O) groups excluding carboxylic acids is 5. The normalized spacial score (nSPS) is 33.0. The molecule has 6 atom stereocenters. The molecule has 206 valence electrons. The molecule has 40 heavy (non-hydrogen) atoms. The molecule has 0 spiro atoms. The Hall–Kier alpha value is -3.47. The number of fused-ring (bicyclic) bond motifs is 4. The minimum atomic E-state index is -2.18. The van der Waals surface area contributed by atoms with Crippen LogP contribution in [-0.2, 0) is 19.2 Å². The number of alkyl halides is 2. The van der Waals surface area contributed by atoms with Gasteiger partial charge in [-0.1, -0.05) is 29.3 Å². The molecule has 2 aromatic carbocycles. The van der Waals surface area contributed by atoms with Gasteiger partial charge in [0.25, 0.3) is 11.8 Å². The van der Waals surface area contributed by atoms with Crippen LogP contribution in [0.3, 0.4) is 0 Å². The van der Waals surface area contributed by atoms with Crippen molar-refractivity contribution in [1.29, 1.82) is 0 Å². The van der Waals surface area contributed by atoms with Crippen LogP contribution in [0.15, 0.2) is 54.1 Å². The van der Waals surface area contributed by atoms with Crippen LogP contribution in [0.5, 0.6) is 5.75 Å². The van der Waals surface area contributed by atoms with E-state index in [1.165, 1.54) is 30.3 Å². The van der Waals surface area contributed by atoms with Crippen molar-refractivity contribution in [2.75, 3.05) is 4.90 Å². The predicted octanol–water partition coefficient (Wildman–Crippen LogP) is 3.83. The van der Waals surface area contributed by atoms with Gasteiger partial charge >= 0.3 is 6.03 Å². The number of benzene rings is 2. The number of phenolic OH excluding ortho intramolecular Hbond substituents is 1. The predicted molar refractivity (Wildman–Crippen MR) is 141 cm³/mol. The van der Waals surface area contributed by atoms with Crippen LogP contribution in [0, 0.1) is 23.6 Å². The number of likely N-dealkylation sites (tertiary alicyclic amines) is 1. The molecule has 3 N–H and O–H groups in total. The molecular weight excluding hydrogens is 588 g/mol. The minimum absolute atomic E-state index is 0.0146. The second-order valence-corrected chi connectivity index (χ2v) is 12.0. The van der Waals surface area contributed by atoms with Crippen LogP contribution >= 0.6 is 34.8 Å². The van der Waals surface area contributed by atoms with Crippen molar-refractivity contribution in [3.63, 3.8) is 0 Å². The minimum Gasteiger partial charge on any atom is -0.508 e. The molecule has 1 saturated carbocycles. The molecule has 2 aliphatic carbocycles. The number of urea groups is 1. The lowest BCUT2D eigenvalue weighted by atomic mass is 9.56. The standard InChI is InChI=1S/C27H19Cl3FN3O6/c28-18-9-13(35)5-6-15(18)20-14-7-8-16-19(22(37)34(21(16)36)25(32)40)17(14)10-26(29)23(38)33(24(39)27(20,26)30)12-3-1-11(31)2-4-12/h1-7,9,16-17,19-20,35H,8,10H2,(H2,32,40). The van der Waals surface area contributed by atoms with Gasteiger partial charge in [0.15, 0.2) is 9.75 Å². The summed E-state index contributed by atoms with van der Waals surface area (Å²) in [5.41, 5.74) is 6.05. The zero-order valence-electron chi connectivity index (χ0n) is 20.3. The van der Waals surface area contributed by atoms with Crippen molar-refractivity contribution in [3.8, 4) is 5.75 Å². The van der Waals surface area contributed by atoms with E-state index in [-0.39, 0.29) is 34.9 Å². The number of aromatic hydroxyl groups is 1. The fourth-order valence-corrected chi connectivity index (χ4v) is 7.92. The Balaban J connectivity index is 1.58. The Kier molecular flexibility index (Phi) is 5.86. The maximum atomic E-state index is 14.2. The number of imide groups is 4. The molecule has 6 rings (SSSR count). The van der Waals surface area contributed by atoms with Crippen molar-refractivity contribution in [2.24, 2.45) is 23.5 Å². The summed E-state index contributed by atoms with van der Waals surface area (Å²) in [5.74, 6) is -8.26. The molecule has 3 fully saturated rings. The largest absolute Gasteiger partial charge is 0.508 e. The lowest BCUT2D eigenvalue weighted by Crippen LogP contribution is -2.60. The van der Waals surface area contributed by atoms with E-state index in [1.807, 2.05) is 0 Å². The lowest BCUT2D eigenvalue weighted by molar-refractivity contribution is -0.136. The number of rotatable bonds is 2. The average molecular weight is 607 g/mol. The number of hydrogen-bond acceptors (Lipinski definition) is 6. The Morgan fingerprint density at radius 2 is 1.68 bits per heavy atom. The van der Waals surface area contributed by atoms with Gasteiger partial charge in [-0.15, -0.1) is 23.2 Å².